The van der Waals surface area contributed by atoms with Crippen LogP contribution in [0.2, 0.25) is 0 Å². The van der Waals surface area contributed by atoms with Crippen LogP contribution in [0.5, 0.6) is 0 Å². The van der Waals surface area contributed by atoms with Crippen LogP contribution in [0.4, 0.5) is 0 Å². The first-order valence-corrected chi connectivity index (χ1v) is 7.12. The van der Waals surface area contributed by atoms with Crippen molar-refractivity contribution in [3.05, 3.63) is 29.6 Å². The zero-order chi connectivity index (χ0) is 12.8. The molecule has 0 bridgehead atoms. The van der Waals surface area contributed by atoms with E-state index >= 15 is 0 Å². The van der Waals surface area contributed by atoms with Gasteiger partial charge in [0.15, 0.2) is 0 Å². The van der Waals surface area contributed by atoms with Crippen LogP contribution < -0.4 is 5.32 Å². The van der Waals surface area contributed by atoms with Crippen molar-refractivity contribution in [2.45, 2.75) is 45.7 Å². The van der Waals surface area contributed by atoms with Crippen molar-refractivity contribution in [3.8, 4) is 0 Å². The summed E-state index contributed by atoms with van der Waals surface area (Å²) in [7, 11) is 0. The minimum atomic E-state index is 0.634. The zero-order valence-corrected chi connectivity index (χ0v) is 11.7. The van der Waals surface area contributed by atoms with Gasteiger partial charge in [0, 0.05) is 25.3 Å². The van der Waals surface area contributed by atoms with Crippen LogP contribution in [0, 0.1) is 6.92 Å². The molecule has 0 radical (unpaired) electrons. The molecular weight excluding hydrogens is 222 g/mol. The van der Waals surface area contributed by atoms with E-state index in [9.17, 15) is 0 Å². The Labute approximate surface area is 111 Å². The fraction of sp³-hybridized carbons (Fsp3) is 0.667. The van der Waals surface area contributed by atoms with Gasteiger partial charge in [-0.05, 0) is 51.4 Å². The van der Waals surface area contributed by atoms with Gasteiger partial charge in [0.05, 0.1) is 5.69 Å². The summed E-state index contributed by atoms with van der Waals surface area (Å²) >= 11 is 0. The molecule has 2 rings (SSSR count). The third-order valence-electron chi connectivity index (χ3n) is 3.86. The van der Waals surface area contributed by atoms with Crippen LogP contribution in [0.15, 0.2) is 18.3 Å². The third-order valence-corrected chi connectivity index (χ3v) is 3.86. The zero-order valence-electron chi connectivity index (χ0n) is 11.7. The molecule has 100 valence electrons. The number of hydrogen-bond donors (Lipinski definition) is 1. The molecule has 1 aromatic heterocycles. The summed E-state index contributed by atoms with van der Waals surface area (Å²) in [6.45, 7) is 8.92. The van der Waals surface area contributed by atoms with Crippen LogP contribution in [-0.2, 0) is 6.54 Å². The van der Waals surface area contributed by atoms with E-state index in [0.29, 0.717) is 6.04 Å². The standard InChI is InChI=1S/C15H25N3/c1-13-7-6-8-17-15(13)12-16-11-14(2)18-9-4-3-5-10-18/h6-8,14,16H,3-5,9-12H2,1-2H3. The Kier molecular flexibility index (Phi) is 5.14. The Morgan fingerprint density at radius 1 is 1.33 bits per heavy atom. The highest BCUT2D eigenvalue weighted by Crippen LogP contribution is 2.11. The molecule has 0 aliphatic carbocycles. The van der Waals surface area contributed by atoms with Crippen LogP contribution in [0.25, 0.3) is 0 Å². The fourth-order valence-electron chi connectivity index (χ4n) is 2.59. The predicted octanol–water partition coefficient (Wildman–Crippen LogP) is 2.35. The second-order valence-corrected chi connectivity index (χ2v) is 5.34. The SMILES string of the molecule is Cc1cccnc1CNCC(C)N1CCCCC1. The number of aryl methyl sites for hydroxylation is 1. The number of nitrogens with one attached hydrogen (secondary N) is 1. The Morgan fingerprint density at radius 3 is 2.83 bits per heavy atom. The summed E-state index contributed by atoms with van der Waals surface area (Å²) in [5.74, 6) is 0. The Balaban J connectivity index is 1.73. The molecule has 0 amide bonds. The lowest BCUT2D eigenvalue weighted by Gasteiger charge is -2.32. The highest BCUT2D eigenvalue weighted by atomic mass is 15.2. The number of rotatable bonds is 5. The fourth-order valence-corrected chi connectivity index (χ4v) is 2.59. The Hall–Kier alpha value is -0.930. The number of likely N-dealkylation sites (tertiary alicyclic amines) is 1. The maximum absolute atomic E-state index is 4.41. The first kappa shape index (κ1) is 13.5. The van der Waals surface area contributed by atoms with E-state index < -0.39 is 0 Å². The molecule has 3 nitrogen and oxygen atoms in total. The van der Waals surface area contributed by atoms with Gasteiger partial charge in [-0.2, -0.15) is 0 Å². The van der Waals surface area contributed by atoms with E-state index in [0.717, 1.165) is 13.1 Å². The highest BCUT2D eigenvalue weighted by Gasteiger charge is 2.15. The van der Waals surface area contributed by atoms with Gasteiger partial charge in [0.2, 0.25) is 0 Å². The van der Waals surface area contributed by atoms with E-state index in [4.69, 9.17) is 0 Å². The minimum Gasteiger partial charge on any atom is -0.310 e. The first-order valence-electron chi connectivity index (χ1n) is 7.12. The van der Waals surface area contributed by atoms with Crippen LogP contribution in [0.3, 0.4) is 0 Å². The van der Waals surface area contributed by atoms with Gasteiger partial charge >= 0.3 is 0 Å². The van der Waals surface area contributed by atoms with Crippen molar-refractivity contribution in [3.63, 3.8) is 0 Å². The van der Waals surface area contributed by atoms with Gasteiger partial charge in [-0.3, -0.25) is 9.88 Å². The van der Waals surface area contributed by atoms with Crippen molar-refractivity contribution < 1.29 is 0 Å². The average molecular weight is 247 g/mol. The molecule has 2 heterocycles. The molecular formula is C15H25N3. The van der Waals surface area contributed by atoms with E-state index in [1.807, 2.05) is 12.3 Å². The molecule has 1 unspecified atom stereocenters. The van der Waals surface area contributed by atoms with E-state index in [1.165, 1.54) is 43.6 Å². The Bertz CT molecular complexity index is 359. The molecule has 0 spiro atoms. The van der Waals surface area contributed by atoms with E-state index in [2.05, 4.69) is 35.1 Å². The quantitative estimate of drug-likeness (QED) is 0.865. The lowest BCUT2D eigenvalue weighted by molar-refractivity contribution is 0.170. The normalized spacial score (nSPS) is 18.8. The summed E-state index contributed by atoms with van der Waals surface area (Å²) in [5.41, 5.74) is 2.44. The molecule has 0 saturated carbocycles. The summed E-state index contributed by atoms with van der Waals surface area (Å²) in [6.07, 6.45) is 6.01. The molecule has 0 aromatic carbocycles. The number of piperidine rings is 1. The summed E-state index contributed by atoms with van der Waals surface area (Å²) in [4.78, 5) is 7.01. The minimum absolute atomic E-state index is 0.634. The molecule has 1 atom stereocenters. The molecule has 18 heavy (non-hydrogen) atoms. The molecule has 1 aliphatic heterocycles. The topological polar surface area (TPSA) is 28.2 Å². The lowest BCUT2D eigenvalue weighted by Crippen LogP contribution is -2.43. The van der Waals surface area contributed by atoms with Crippen molar-refractivity contribution >= 4 is 0 Å². The number of nitrogens with zero attached hydrogens (tertiary/aromatic N) is 2. The molecule has 1 aliphatic rings. The van der Waals surface area contributed by atoms with Gasteiger partial charge in [-0.1, -0.05) is 12.5 Å². The van der Waals surface area contributed by atoms with Gasteiger partial charge in [-0.25, -0.2) is 0 Å². The van der Waals surface area contributed by atoms with Crippen molar-refractivity contribution in [2.75, 3.05) is 19.6 Å². The largest absolute Gasteiger partial charge is 0.310 e. The number of pyridine rings is 1. The average Bonchev–Trinajstić information content (AvgIpc) is 2.42. The van der Waals surface area contributed by atoms with Crippen LogP contribution in [0.1, 0.15) is 37.4 Å². The van der Waals surface area contributed by atoms with Gasteiger partial charge in [0.25, 0.3) is 0 Å². The van der Waals surface area contributed by atoms with E-state index in [-0.39, 0.29) is 0 Å². The molecule has 3 heteroatoms. The smallest absolute Gasteiger partial charge is 0.0570 e. The number of hydrogen-bond acceptors (Lipinski definition) is 3. The highest BCUT2D eigenvalue weighted by molar-refractivity contribution is 5.17. The van der Waals surface area contributed by atoms with Gasteiger partial charge in [-0.15, -0.1) is 0 Å². The van der Waals surface area contributed by atoms with Crippen LogP contribution in [-0.4, -0.2) is 35.6 Å². The Morgan fingerprint density at radius 2 is 2.11 bits per heavy atom. The van der Waals surface area contributed by atoms with Crippen molar-refractivity contribution in [1.82, 2.24) is 15.2 Å². The van der Waals surface area contributed by atoms with Gasteiger partial charge in [0.1, 0.15) is 0 Å². The molecule has 1 aromatic rings. The second-order valence-electron chi connectivity index (χ2n) is 5.34. The molecule has 1 saturated heterocycles. The first-order chi connectivity index (χ1) is 8.77. The van der Waals surface area contributed by atoms with Crippen molar-refractivity contribution in [1.29, 1.82) is 0 Å². The van der Waals surface area contributed by atoms with Crippen LogP contribution >= 0.6 is 0 Å². The molecule has 1 N–H and O–H groups in total. The number of aromatic nitrogens is 1. The monoisotopic (exact) mass is 247 g/mol. The second kappa shape index (κ2) is 6.86. The lowest BCUT2D eigenvalue weighted by atomic mass is 10.1. The van der Waals surface area contributed by atoms with Gasteiger partial charge < -0.3 is 5.32 Å². The maximum Gasteiger partial charge on any atom is 0.0570 e. The predicted molar refractivity (Wildman–Crippen MR) is 75.6 cm³/mol. The third kappa shape index (κ3) is 3.79. The summed E-state index contributed by atoms with van der Waals surface area (Å²) < 4.78 is 0. The van der Waals surface area contributed by atoms with E-state index in [1.54, 1.807) is 0 Å². The molecule has 1 fully saturated rings. The summed E-state index contributed by atoms with van der Waals surface area (Å²) in [6, 6.07) is 4.75. The van der Waals surface area contributed by atoms with Crippen molar-refractivity contribution in [2.24, 2.45) is 0 Å². The summed E-state index contributed by atoms with van der Waals surface area (Å²) in [5, 5.41) is 3.54. The maximum atomic E-state index is 4.41.